The fourth-order valence-electron chi connectivity index (χ4n) is 8.08. The molecule has 1 aliphatic rings. The summed E-state index contributed by atoms with van der Waals surface area (Å²) < 4.78 is 0. The summed E-state index contributed by atoms with van der Waals surface area (Å²) in [6.07, 6.45) is 9.55. The second kappa shape index (κ2) is 11.3. The Bertz CT molecular complexity index is 2830. The van der Waals surface area contributed by atoms with Crippen LogP contribution in [0.25, 0.3) is 88.3 Å². The summed E-state index contributed by atoms with van der Waals surface area (Å²) in [5, 5.41) is 4.44. The second-order valence-corrected chi connectivity index (χ2v) is 14.0. The summed E-state index contributed by atoms with van der Waals surface area (Å²) in [6.45, 7) is 4.67. The molecule has 240 valence electrons. The molecular weight excluding hydrogens is 621 g/mol. The highest BCUT2D eigenvalue weighted by Gasteiger charge is 2.36. The van der Waals surface area contributed by atoms with Gasteiger partial charge in [0.1, 0.15) is 0 Å². The molecule has 0 amide bonds. The number of nitrogens with zero attached hydrogens (tertiary/aromatic N) is 4. The average molecular weight is 653 g/mol. The van der Waals surface area contributed by atoms with Gasteiger partial charge in [-0.05, 0) is 97.9 Å². The van der Waals surface area contributed by atoms with Gasteiger partial charge in [0, 0.05) is 63.7 Å². The van der Waals surface area contributed by atoms with Gasteiger partial charge in [-0.2, -0.15) is 0 Å². The minimum atomic E-state index is -0.0787. The molecule has 0 saturated heterocycles. The van der Waals surface area contributed by atoms with Crippen molar-refractivity contribution in [1.82, 2.24) is 19.9 Å². The van der Waals surface area contributed by atoms with Crippen LogP contribution in [0.5, 0.6) is 0 Å². The summed E-state index contributed by atoms with van der Waals surface area (Å²) in [5.41, 5.74) is 15.8. The number of hydrogen-bond acceptors (Lipinski definition) is 4. The first-order chi connectivity index (χ1) is 25.0. The SMILES string of the molecule is CC1(C)c2ccccc2-c2c(-c3cc(-c4ccc(-c5cnc6c(ccc7cccnc76)c5)nc4)cc(-c4cccc5ccncc45)c3)cccc21. The van der Waals surface area contributed by atoms with Gasteiger partial charge in [-0.1, -0.05) is 98.8 Å². The first-order valence-corrected chi connectivity index (χ1v) is 17.4. The van der Waals surface area contributed by atoms with Crippen molar-refractivity contribution in [2.75, 3.05) is 0 Å². The topological polar surface area (TPSA) is 51.6 Å². The predicted molar refractivity (Wildman–Crippen MR) is 209 cm³/mol. The number of benzene rings is 5. The van der Waals surface area contributed by atoms with Crippen LogP contribution >= 0.6 is 0 Å². The maximum Gasteiger partial charge on any atom is 0.0965 e. The predicted octanol–water partition coefficient (Wildman–Crippen LogP) is 11.7. The molecule has 0 saturated carbocycles. The highest BCUT2D eigenvalue weighted by molar-refractivity contribution is 6.04. The van der Waals surface area contributed by atoms with Crippen LogP contribution in [0.1, 0.15) is 25.0 Å². The van der Waals surface area contributed by atoms with Gasteiger partial charge in [0.15, 0.2) is 0 Å². The van der Waals surface area contributed by atoms with Crippen molar-refractivity contribution in [3.63, 3.8) is 0 Å². The molecule has 0 atom stereocenters. The van der Waals surface area contributed by atoms with Gasteiger partial charge in [0.05, 0.1) is 16.7 Å². The van der Waals surface area contributed by atoms with E-state index < -0.39 is 0 Å². The molecule has 4 nitrogen and oxygen atoms in total. The van der Waals surface area contributed by atoms with Crippen molar-refractivity contribution in [3.8, 4) is 55.8 Å². The van der Waals surface area contributed by atoms with Gasteiger partial charge < -0.3 is 0 Å². The Morgan fingerprint density at radius 2 is 1.16 bits per heavy atom. The smallest absolute Gasteiger partial charge is 0.0965 e. The lowest BCUT2D eigenvalue weighted by atomic mass is 9.82. The molecular formula is C47H32N4. The van der Waals surface area contributed by atoms with Crippen molar-refractivity contribution in [2.45, 2.75) is 19.3 Å². The van der Waals surface area contributed by atoms with E-state index >= 15 is 0 Å². The number of hydrogen-bond donors (Lipinski definition) is 0. The van der Waals surface area contributed by atoms with Crippen molar-refractivity contribution in [1.29, 1.82) is 0 Å². The zero-order valence-electron chi connectivity index (χ0n) is 28.3. The third kappa shape index (κ3) is 4.68. The third-order valence-electron chi connectivity index (χ3n) is 10.7. The quantitative estimate of drug-likeness (QED) is 0.178. The van der Waals surface area contributed by atoms with Crippen LogP contribution in [0.15, 0.2) is 158 Å². The van der Waals surface area contributed by atoms with E-state index in [9.17, 15) is 0 Å². The minimum absolute atomic E-state index is 0.0787. The summed E-state index contributed by atoms with van der Waals surface area (Å²) in [6, 6.07) is 45.8. The lowest BCUT2D eigenvalue weighted by molar-refractivity contribution is 0.660. The van der Waals surface area contributed by atoms with Crippen LogP contribution in [-0.2, 0) is 5.41 Å². The van der Waals surface area contributed by atoms with E-state index in [2.05, 4.69) is 145 Å². The van der Waals surface area contributed by atoms with E-state index in [-0.39, 0.29) is 5.41 Å². The molecule has 5 aromatic carbocycles. The van der Waals surface area contributed by atoms with Gasteiger partial charge >= 0.3 is 0 Å². The normalized spacial score (nSPS) is 13.1. The standard InChI is InChI=1S/C47H32N4/c1-47(2)41-13-4-3-10-39(41)44-38(12-6-14-42(44)47)35-24-33(23-34(25-35)37-11-5-8-29-19-21-48-28-40(29)37)32-17-18-43(50-26-32)36-22-31-16-15-30-9-7-20-49-45(30)46(31)51-27-36/h3-28H,1-2H3. The number of aromatic nitrogens is 4. The largest absolute Gasteiger partial charge is 0.264 e. The van der Waals surface area contributed by atoms with Crippen molar-refractivity contribution >= 4 is 32.6 Å². The highest BCUT2D eigenvalue weighted by Crippen LogP contribution is 2.52. The first-order valence-electron chi connectivity index (χ1n) is 17.4. The van der Waals surface area contributed by atoms with E-state index in [0.717, 1.165) is 60.7 Å². The molecule has 0 spiro atoms. The molecule has 10 rings (SSSR count). The van der Waals surface area contributed by atoms with Crippen molar-refractivity contribution in [2.24, 2.45) is 0 Å². The number of rotatable bonds is 4. The Morgan fingerprint density at radius 3 is 2.06 bits per heavy atom. The lowest BCUT2D eigenvalue weighted by Crippen LogP contribution is -2.14. The van der Waals surface area contributed by atoms with Crippen molar-refractivity contribution < 1.29 is 0 Å². The molecule has 0 bridgehead atoms. The van der Waals surface area contributed by atoms with Crippen LogP contribution in [0, 0.1) is 0 Å². The van der Waals surface area contributed by atoms with Gasteiger partial charge in [-0.15, -0.1) is 0 Å². The van der Waals surface area contributed by atoms with E-state index in [1.54, 1.807) is 0 Å². The zero-order chi connectivity index (χ0) is 34.1. The molecule has 4 aromatic heterocycles. The molecule has 4 heterocycles. The van der Waals surface area contributed by atoms with Crippen LogP contribution in [0.3, 0.4) is 0 Å². The first kappa shape index (κ1) is 29.4. The summed E-state index contributed by atoms with van der Waals surface area (Å²) in [7, 11) is 0. The van der Waals surface area contributed by atoms with E-state index in [1.807, 2.05) is 37.1 Å². The highest BCUT2D eigenvalue weighted by atomic mass is 14.7. The maximum atomic E-state index is 4.99. The van der Waals surface area contributed by atoms with Crippen LogP contribution in [-0.4, -0.2) is 19.9 Å². The summed E-state index contributed by atoms with van der Waals surface area (Å²) in [4.78, 5) is 18.9. The maximum absolute atomic E-state index is 4.99. The van der Waals surface area contributed by atoms with E-state index in [4.69, 9.17) is 9.97 Å². The van der Waals surface area contributed by atoms with Gasteiger partial charge in [-0.3, -0.25) is 19.9 Å². The summed E-state index contributed by atoms with van der Waals surface area (Å²) >= 11 is 0. The van der Waals surface area contributed by atoms with Crippen LogP contribution in [0.2, 0.25) is 0 Å². The van der Waals surface area contributed by atoms with Crippen LogP contribution < -0.4 is 0 Å². The minimum Gasteiger partial charge on any atom is -0.264 e. The molecule has 0 N–H and O–H groups in total. The Kier molecular flexibility index (Phi) is 6.49. The molecule has 4 heteroatoms. The molecule has 0 fully saturated rings. The lowest BCUT2D eigenvalue weighted by Gasteiger charge is -2.21. The average Bonchev–Trinajstić information content (AvgIpc) is 3.43. The summed E-state index contributed by atoms with van der Waals surface area (Å²) in [5.74, 6) is 0. The van der Waals surface area contributed by atoms with E-state index in [0.29, 0.717) is 0 Å². The van der Waals surface area contributed by atoms with Crippen LogP contribution in [0.4, 0.5) is 0 Å². The van der Waals surface area contributed by atoms with Gasteiger partial charge in [0.2, 0.25) is 0 Å². The molecule has 9 aromatic rings. The monoisotopic (exact) mass is 652 g/mol. The Balaban J connectivity index is 1.13. The Hall–Kier alpha value is -6.52. The molecule has 0 radical (unpaired) electrons. The fraction of sp³-hybridized carbons (Fsp3) is 0.0638. The molecule has 0 unspecified atom stereocenters. The third-order valence-corrected chi connectivity index (χ3v) is 10.7. The zero-order valence-corrected chi connectivity index (χ0v) is 28.3. The number of pyridine rings is 4. The molecule has 0 aliphatic heterocycles. The molecule has 51 heavy (non-hydrogen) atoms. The fourth-order valence-corrected chi connectivity index (χ4v) is 8.08. The Labute approximate surface area is 296 Å². The second-order valence-electron chi connectivity index (χ2n) is 14.0. The Morgan fingerprint density at radius 1 is 0.431 bits per heavy atom. The number of fused-ring (bicyclic) bond motifs is 7. The van der Waals surface area contributed by atoms with Crippen molar-refractivity contribution in [3.05, 3.63) is 170 Å². The van der Waals surface area contributed by atoms with Gasteiger partial charge in [0.25, 0.3) is 0 Å². The van der Waals surface area contributed by atoms with E-state index in [1.165, 1.54) is 38.8 Å². The van der Waals surface area contributed by atoms with Gasteiger partial charge in [-0.25, -0.2) is 0 Å². The molecule has 1 aliphatic carbocycles.